The van der Waals surface area contributed by atoms with Crippen molar-refractivity contribution in [3.05, 3.63) is 0 Å². The summed E-state index contributed by atoms with van der Waals surface area (Å²) in [7, 11) is -9.54. The van der Waals surface area contributed by atoms with Gasteiger partial charge in [-0.15, -0.1) is 0 Å². The Hall–Kier alpha value is -0.608. The van der Waals surface area contributed by atoms with Crippen LogP contribution >= 0.6 is 22.8 Å². The zero-order valence-corrected chi connectivity index (χ0v) is 27.9. The molecule has 0 radical (unpaired) electrons. The van der Waals surface area contributed by atoms with E-state index in [0.717, 1.165) is 0 Å². The van der Waals surface area contributed by atoms with E-state index in [2.05, 4.69) is 0 Å². The second-order valence-corrected chi connectivity index (χ2v) is 13.5. The first kappa shape index (κ1) is 46.4. The van der Waals surface area contributed by atoms with Gasteiger partial charge in [0.2, 0.25) is 0 Å². The Morgan fingerprint density at radius 3 is 0.875 bits per heavy atom. The first-order valence-electron chi connectivity index (χ1n) is 12.4. The average Bonchev–Trinajstić information content (AvgIpc) is 2.82. The van der Waals surface area contributed by atoms with Gasteiger partial charge in [0, 0.05) is 11.9 Å². The number of hydrogen-bond acceptors (Lipinski definition) is 14. The van der Waals surface area contributed by atoms with Crippen molar-refractivity contribution < 1.29 is 70.5 Å². The summed E-state index contributed by atoms with van der Waals surface area (Å²) in [5.74, 6) is -3.50. The van der Waals surface area contributed by atoms with Gasteiger partial charge in [0.25, 0.3) is 0 Å². The SMILES string of the molecule is CCOP(=O)(CCC(=O)O)OCC.CCOP(=O)(CCC(=O)[O-])OCC.CCOP(=O)(CCC(=O)[O-])OCC.[Al+3]. The molecular formula is C21H43AlO15P3+. The molecule has 0 rings (SSSR count). The molecule has 0 aliphatic carbocycles. The van der Waals surface area contributed by atoms with E-state index >= 15 is 0 Å². The van der Waals surface area contributed by atoms with Crippen LogP contribution in [-0.4, -0.2) is 98.5 Å². The van der Waals surface area contributed by atoms with Crippen LogP contribution in [0.2, 0.25) is 0 Å². The molecule has 0 unspecified atom stereocenters. The molecule has 0 aliphatic rings. The van der Waals surface area contributed by atoms with Gasteiger partial charge >= 0.3 is 46.1 Å². The third kappa shape index (κ3) is 28.9. The molecule has 0 aromatic carbocycles. The van der Waals surface area contributed by atoms with Crippen LogP contribution < -0.4 is 10.2 Å². The normalized spacial score (nSPS) is 11.2. The molecule has 0 aliphatic heterocycles. The number of hydrogen-bond donors (Lipinski definition) is 1. The summed E-state index contributed by atoms with van der Waals surface area (Å²) in [6, 6.07) is 0. The van der Waals surface area contributed by atoms with Gasteiger partial charge in [-0.05, 0) is 54.4 Å². The average molecular weight is 655 g/mol. The Morgan fingerprint density at radius 1 is 0.525 bits per heavy atom. The Kier molecular flexibility index (Phi) is 31.6. The maximum atomic E-state index is 11.6. The first-order chi connectivity index (χ1) is 18.1. The molecule has 0 saturated heterocycles. The third-order valence-corrected chi connectivity index (χ3v) is 9.96. The van der Waals surface area contributed by atoms with E-state index < -0.39 is 40.7 Å². The molecule has 0 spiro atoms. The maximum absolute atomic E-state index is 11.6. The monoisotopic (exact) mass is 655 g/mol. The summed E-state index contributed by atoms with van der Waals surface area (Å²) in [5.41, 5.74) is 0. The van der Waals surface area contributed by atoms with Crippen molar-refractivity contribution in [1.82, 2.24) is 0 Å². The van der Waals surface area contributed by atoms with Gasteiger partial charge in [0.15, 0.2) is 0 Å². The minimum Gasteiger partial charge on any atom is -0.550 e. The van der Waals surface area contributed by atoms with E-state index in [4.69, 9.17) is 32.2 Å². The molecule has 0 aromatic heterocycles. The first-order valence-corrected chi connectivity index (χ1v) is 17.6. The van der Waals surface area contributed by atoms with Crippen LogP contribution in [-0.2, 0) is 55.2 Å². The Balaban J connectivity index is -0.000000240. The summed E-state index contributed by atoms with van der Waals surface area (Å²) >= 11 is 0. The van der Waals surface area contributed by atoms with E-state index in [1.165, 1.54) is 0 Å². The van der Waals surface area contributed by atoms with E-state index in [0.29, 0.717) is 0 Å². The third-order valence-electron chi connectivity index (χ3n) is 3.73. The summed E-state index contributed by atoms with van der Waals surface area (Å²) in [5, 5.41) is 28.6. The summed E-state index contributed by atoms with van der Waals surface area (Å²) in [6.45, 7) is 11.5. The zero-order chi connectivity index (χ0) is 31.0. The van der Waals surface area contributed by atoms with Crippen LogP contribution in [0.1, 0.15) is 60.8 Å². The molecule has 234 valence electrons. The number of rotatable bonds is 21. The van der Waals surface area contributed by atoms with E-state index in [1.807, 2.05) is 0 Å². The molecule has 15 nitrogen and oxygen atoms in total. The van der Waals surface area contributed by atoms with Gasteiger partial charge in [0.05, 0.1) is 64.5 Å². The Bertz CT molecular complexity index is 691. The molecule has 19 heteroatoms. The molecule has 0 bridgehead atoms. The second-order valence-electron chi connectivity index (χ2n) is 6.90. The fourth-order valence-corrected chi connectivity index (χ4v) is 7.10. The number of carbonyl (C=O) groups is 3. The molecule has 0 heterocycles. The van der Waals surface area contributed by atoms with Crippen LogP contribution in [0, 0.1) is 0 Å². The van der Waals surface area contributed by atoms with Gasteiger partial charge in [-0.3, -0.25) is 18.5 Å². The molecule has 0 aromatic rings. The predicted octanol–water partition coefficient (Wildman–Crippen LogP) is 2.13. The van der Waals surface area contributed by atoms with Crippen LogP contribution in [0.25, 0.3) is 0 Å². The molecule has 0 atom stereocenters. The van der Waals surface area contributed by atoms with E-state index in [1.54, 1.807) is 41.5 Å². The summed E-state index contributed by atoms with van der Waals surface area (Å²) in [6.07, 6.45) is -1.14. The molecular weight excluding hydrogens is 612 g/mol. The number of carbonyl (C=O) groups excluding carboxylic acids is 2. The Morgan fingerprint density at radius 2 is 0.725 bits per heavy atom. The van der Waals surface area contributed by atoms with Crippen molar-refractivity contribution in [2.24, 2.45) is 0 Å². The second kappa shape index (κ2) is 27.2. The van der Waals surface area contributed by atoms with Crippen LogP contribution in [0.5, 0.6) is 0 Å². The molecule has 0 amide bonds. The fraction of sp³-hybridized carbons (Fsp3) is 0.857. The molecule has 0 saturated carbocycles. The van der Waals surface area contributed by atoms with Crippen molar-refractivity contribution >= 4 is 58.1 Å². The van der Waals surface area contributed by atoms with Gasteiger partial charge in [-0.25, -0.2) is 0 Å². The largest absolute Gasteiger partial charge is 3.00 e. The van der Waals surface area contributed by atoms with Crippen molar-refractivity contribution in [3.8, 4) is 0 Å². The van der Waals surface area contributed by atoms with Gasteiger partial charge in [0.1, 0.15) is 0 Å². The zero-order valence-electron chi connectivity index (χ0n) is 24.1. The predicted molar refractivity (Wildman–Crippen MR) is 144 cm³/mol. The minimum atomic E-state index is -3.19. The van der Waals surface area contributed by atoms with E-state index in [9.17, 15) is 38.3 Å². The quantitative estimate of drug-likeness (QED) is 0.138. The molecule has 40 heavy (non-hydrogen) atoms. The van der Waals surface area contributed by atoms with E-state index in [-0.39, 0.29) is 94.8 Å². The standard InChI is InChI=1S/3C7H15O5P.Al/c3*1-3-11-13(10,12-4-2)6-5-7(8)9;/h3*3-6H2,1-2H3,(H,8,9);/q;;;+3/p-2. The van der Waals surface area contributed by atoms with Crippen molar-refractivity contribution in [1.29, 1.82) is 0 Å². The smallest absolute Gasteiger partial charge is 0.550 e. The number of carboxylic acid groups (broad SMARTS) is 3. The number of aliphatic carboxylic acids is 3. The summed E-state index contributed by atoms with van der Waals surface area (Å²) < 4.78 is 64.0. The van der Waals surface area contributed by atoms with Crippen LogP contribution in [0.15, 0.2) is 0 Å². The fourth-order valence-electron chi connectivity index (χ4n) is 2.37. The van der Waals surface area contributed by atoms with Crippen molar-refractivity contribution in [2.45, 2.75) is 60.8 Å². The summed E-state index contributed by atoms with van der Waals surface area (Å²) in [4.78, 5) is 30.4. The van der Waals surface area contributed by atoms with Gasteiger partial charge < -0.3 is 52.1 Å². The van der Waals surface area contributed by atoms with Gasteiger partial charge in [-0.2, -0.15) is 0 Å². The maximum Gasteiger partial charge on any atom is 3.00 e. The van der Waals surface area contributed by atoms with Crippen LogP contribution in [0.4, 0.5) is 0 Å². The van der Waals surface area contributed by atoms with Crippen molar-refractivity contribution in [2.75, 3.05) is 58.1 Å². The number of carboxylic acids is 3. The van der Waals surface area contributed by atoms with Crippen LogP contribution in [0.3, 0.4) is 0 Å². The molecule has 1 N–H and O–H groups in total. The minimum absolute atomic E-state index is 0. The molecule has 0 fully saturated rings. The van der Waals surface area contributed by atoms with Crippen molar-refractivity contribution in [3.63, 3.8) is 0 Å². The Labute approximate surface area is 247 Å². The topological polar surface area (TPSA) is 224 Å². The van der Waals surface area contributed by atoms with Gasteiger partial charge in [-0.1, -0.05) is 0 Å².